The van der Waals surface area contributed by atoms with Gasteiger partial charge in [-0.05, 0) is 24.3 Å². The van der Waals surface area contributed by atoms with Gasteiger partial charge in [0.25, 0.3) is 0 Å². The van der Waals surface area contributed by atoms with Crippen LogP contribution in [-0.2, 0) is 6.61 Å². The molecule has 2 N–H and O–H groups in total. The second kappa shape index (κ2) is 6.29. The van der Waals surface area contributed by atoms with Gasteiger partial charge in [0, 0.05) is 10.9 Å². The standard InChI is InChI=1S/C14H12N4O2S/c19-7-12-8-21-14(17-12)6-16-18-11-3-1-10(2-4-11)13-5-15-9-20-13/h1-6,8-9,18-19H,7H2/b16-6+. The fraction of sp³-hybridized carbons (Fsp3) is 0.0714. The molecule has 0 saturated carbocycles. The molecule has 3 rings (SSSR count). The number of aromatic nitrogens is 2. The van der Waals surface area contributed by atoms with Gasteiger partial charge in [0.2, 0.25) is 0 Å². The van der Waals surface area contributed by atoms with Crippen LogP contribution in [0.25, 0.3) is 11.3 Å². The largest absolute Gasteiger partial charge is 0.444 e. The Hall–Kier alpha value is -2.51. The number of anilines is 1. The van der Waals surface area contributed by atoms with E-state index in [-0.39, 0.29) is 6.61 Å². The van der Waals surface area contributed by atoms with Crippen molar-refractivity contribution in [2.75, 3.05) is 5.43 Å². The van der Waals surface area contributed by atoms with E-state index in [1.807, 2.05) is 24.3 Å². The number of thiazole rings is 1. The van der Waals surface area contributed by atoms with Crippen LogP contribution in [0.15, 0.2) is 51.8 Å². The summed E-state index contributed by atoms with van der Waals surface area (Å²) in [6, 6.07) is 7.64. The van der Waals surface area contributed by atoms with E-state index >= 15 is 0 Å². The summed E-state index contributed by atoms with van der Waals surface area (Å²) in [6.45, 7) is -0.0547. The molecule has 3 aromatic rings. The maximum Gasteiger partial charge on any atom is 0.181 e. The van der Waals surface area contributed by atoms with Crippen molar-refractivity contribution in [3.63, 3.8) is 0 Å². The molecule has 0 aliphatic rings. The van der Waals surface area contributed by atoms with Crippen molar-refractivity contribution in [3.8, 4) is 11.3 Å². The first kappa shape index (κ1) is 13.5. The summed E-state index contributed by atoms with van der Waals surface area (Å²) in [5.41, 5.74) is 5.38. The molecule has 6 nitrogen and oxygen atoms in total. The molecule has 0 saturated heterocycles. The molecule has 0 spiro atoms. The fourth-order valence-electron chi connectivity index (χ4n) is 1.68. The molecule has 7 heteroatoms. The predicted octanol–water partition coefficient (Wildman–Crippen LogP) is 2.74. The van der Waals surface area contributed by atoms with Crippen LogP contribution >= 0.6 is 11.3 Å². The first-order chi connectivity index (χ1) is 10.3. The van der Waals surface area contributed by atoms with Gasteiger partial charge in [-0.15, -0.1) is 11.3 Å². The second-order valence-corrected chi connectivity index (χ2v) is 5.04. The average Bonchev–Trinajstić information content (AvgIpc) is 3.19. The zero-order chi connectivity index (χ0) is 14.5. The van der Waals surface area contributed by atoms with Gasteiger partial charge in [-0.25, -0.2) is 9.97 Å². The molecule has 0 bridgehead atoms. The van der Waals surface area contributed by atoms with Crippen molar-refractivity contribution < 1.29 is 9.52 Å². The zero-order valence-corrected chi connectivity index (χ0v) is 11.7. The summed E-state index contributed by atoms with van der Waals surface area (Å²) >= 11 is 1.43. The number of hydrazone groups is 1. The number of rotatable bonds is 5. The molecule has 0 aliphatic heterocycles. The second-order valence-electron chi connectivity index (χ2n) is 4.15. The molecule has 106 valence electrons. The van der Waals surface area contributed by atoms with E-state index in [4.69, 9.17) is 9.52 Å². The highest BCUT2D eigenvalue weighted by Crippen LogP contribution is 2.20. The lowest BCUT2D eigenvalue weighted by atomic mass is 10.2. The quantitative estimate of drug-likeness (QED) is 0.559. The van der Waals surface area contributed by atoms with Crippen LogP contribution in [0.5, 0.6) is 0 Å². The molecule has 2 aromatic heterocycles. The Bertz CT molecular complexity index is 720. The topological polar surface area (TPSA) is 83.5 Å². The van der Waals surface area contributed by atoms with Crippen LogP contribution in [0.1, 0.15) is 10.7 Å². The average molecular weight is 300 g/mol. The number of oxazole rings is 1. The van der Waals surface area contributed by atoms with E-state index in [1.54, 1.807) is 17.8 Å². The van der Waals surface area contributed by atoms with E-state index in [0.717, 1.165) is 22.0 Å². The SMILES string of the molecule is OCc1csc(/C=N/Nc2ccc(-c3cnco3)cc2)n1. The third kappa shape index (κ3) is 3.33. The van der Waals surface area contributed by atoms with E-state index < -0.39 is 0 Å². The molecule has 0 aliphatic carbocycles. The Labute approximate surface area is 124 Å². The molecule has 0 fully saturated rings. The minimum atomic E-state index is -0.0547. The number of aliphatic hydroxyl groups is 1. The lowest BCUT2D eigenvalue weighted by molar-refractivity contribution is 0.277. The predicted molar refractivity (Wildman–Crippen MR) is 81.2 cm³/mol. The highest BCUT2D eigenvalue weighted by atomic mass is 32.1. The monoisotopic (exact) mass is 300 g/mol. The highest BCUT2D eigenvalue weighted by molar-refractivity contribution is 7.11. The molecular weight excluding hydrogens is 288 g/mol. The van der Waals surface area contributed by atoms with Gasteiger partial charge in [0.15, 0.2) is 12.2 Å². The van der Waals surface area contributed by atoms with Gasteiger partial charge in [-0.3, -0.25) is 5.43 Å². The molecule has 0 amide bonds. The zero-order valence-electron chi connectivity index (χ0n) is 10.9. The maximum atomic E-state index is 8.93. The van der Waals surface area contributed by atoms with Crippen LogP contribution in [0, 0.1) is 0 Å². The molecular formula is C14H12N4O2S. The minimum Gasteiger partial charge on any atom is -0.444 e. The third-order valence-electron chi connectivity index (χ3n) is 2.70. The fourth-order valence-corrected chi connectivity index (χ4v) is 2.35. The van der Waals surface area contributed by atoms with Crippen molar-refractivity contribution in [1.29, 1.82) is 0 Å². The Morgan fingerprint density at radius 3 is 2.86 bits per heavy atom. The van der Waals surface area contributed by atoms with E-state index in [0.29, 0.717) is 5.69 Å². The van der Waals surface area contributed by atoms with E-state index in [1.165, 1.54) is 17.7 Å². The Morgan fingerprint density at radius 1 is 1.33 bits per heavy atom. The van der Waals surface area contributed by atoms with Crippen molar-refractivity contribution in [1.82, 2.24) is 9.97 Å². The molecule has 21 heavy (non-hydrogen) atoms. The number of hydrogen-bond donors (Lipinski definition) is 2. The third-order valence-corrected chi connectivity index (χ3v) is 3.53. The van der Waals surface area contributed by atoms with Crippen molar-refractivity contribution in [2.24, 2.45) is 5.10 Å². The smallest absolute Gasteiger partial charge is 0.181 e. The molecule has 0 atom stereocenters. The number of nitrogens with one attached hydrogen (secondary N) is 1. The Balaban J connectivity index is 1.63. The Morgan fingerprint density at radius 2 is 2.19 bits per heavy atom. The summed E-state index contributed by atoms with van der Waals surface area (Å²) < 4.78 is 5.22. The van der Waals surface area contributed by atoms with Gasteiger partial charge < -0.3 is 9.52 Å². The van der Waals surface area contributed by atoms with Crippen LogP contribution < -0.4 is 5.43 Å². The lowest BCUT2D eigenvalue weighted by Gasteiger charge is -2.00. The maximum absolute atomic E-state index is 8.93. The Kier molecular flexibility index (Phi) is 4.04. The number of benzene rings is 1. The number of nitrogens with zero attached hydrogens (tertiary/aromatic N) is 3. The summed E-state index contributed by atoms with van der Waals surface area (Å²) in [4.78, 5) is 8.05. The summed E-state index contributed by atoms with van der Waals surface area (Å²) in [5.74, 6) is 0.726. The minimum absolute atomic E-state index is 0.0547. The van der Waals surface area contributed by atoms with Crippen LogP contribution in [-0.4, -0.2) is 21.3 Å². The summed E-state index contributed by atoms with van der Waals surface area (Å²) in [5, 5.41) is 15.6. The number of aliphatic hydroxyl groups excluding tert-OH is 1. The molecule has 2 heterocycles. The van der Waals surface area contributed by atoms with Crippen molar-refractivity contribution in [2.45, 2.75) is 6.61 Å². The molecule has 0 radical (unpaired) electrons. The lowest BCUT2D eigenvalue weighted by Crippen LogP contribution is -1.91. The van der Waals surface area contributed by atoms with Gasteiger partial charge in [-0.2, -0.15) is 5.10 Å². The van der Waals surface area contributed by atoms with E-state index in [2.05, 4.69) is 20.5 Å². The van der Waals surface area contributed by atoms with E-state index in [9.17, 15) is 0 Å². The highest BCUT2D eigenvalue weighted by Gasteiger charge is 2.01. The van der Waals surface area contributed by atoms with Crippen LogP contribution in [0.3, 0.4) is 0 Å². The molecule has 0 unspecified atom stereocenters. The van der Waals surface area contributed by atoms with Crippen LogP contribution in [0.4, 0.5) is 5.69 Å². The summed E-state index contributed by atoms with van der Waals surface area (Å²) in [7, 11) is 0. The van der Waals surface area contributed by atoms with Gasteiger partial charge in [0.05, 0.1) is 30.4 Å². The van der Waals surface area contributed by atoms with Crippen molar-refractivity contribution >= 4 is 23.2 Å². The summed E-state index contributed by atoms with van der Waals surface area (Å²) in [6.07, 6.45) is 4.69. The van der Waals surface area contributed by atoms with Crippen LogP contribution in [0.2, 0.25) is 0 Å². The van der Waals surface area contributed by atoms with Gasteiger partial charge >= 0.3 is 0 Å². The van der Waals surface area contributed by atoms with Gasteiger partial charge in [-0.1, -0.05) is 0 Å². The molecule has 1 aromatic carbocycles. The first-order valence-corrected chi connectivity index (χ1v) is 7.06. The normalized spacial score (nSPS) is 11.1. The number of hydrogen-bond acceptors (Lipinski definition) is 7. The first-order valence-electron chi connectivity index (χ1n) is 6.18. The van der Waals surface area contributed by atoms with Crippen molar-refractivity contribution in [3.05, 3.63) is 52.9 Å². The van der Waals surface area contributed by atoms with Gasteiger partial charge in [0.1, 0.15) is 5.01 Å².